The maximum atomic E-state index is 11.1. The second-order valence-electron chi connectivity index (χ2n) is 6.47. The zero-order valence-electron chi connectivity index (χ0n) is 11.2. The van der Waals surface area contributed by atoms with Gasteiger partial charge in [0.15, 0.2) is 0 Å². The highest BCUT2D eigenvalue weighted by Crippen LogP contribution is 2.51. The fourth-order valence-corrected chi connectivity index (χ4v) is 4.12. The van der Waals surface area contributed by atoms with Gasteiger partial charge in [-0.3, -0.25) is 0 Å². The zero-order chi connectivity index (χ0) is 11.9. The monoisotopic (exact) mass is 222 g/mol. The Balaban J connectivity index is 2.31. The molecule has 0 aromatic heterocycles. The van der Waals surface area contributed by atoms with E-state index in [4.69, 9.17) is 0 Å². The fraction of sp³-hybridized carbons (Fsp3) is 0.867. The highest BCUT2D eigenvalue weighted by atomic mass is 16.3. The lowest BCUT2D eigenvalue weighted by Crippen LogP contribution is -2.53. The van der Waals surface area contributed by atoms with Crippen molar-refractivity contribution in [3.63, 3.8) is 0 Å². The lowest BCUT2D eigenvalue weighted by Gasteiger charge is -2.52. The predicted molar refractivity (Wildman–Crippen MR) is 68.2 cm³/mol. The number of hydrogen-bond donors (Lipinski definition) is 1. The normalized spacial score (nSPS) is 44.1. The van der Waals surface area contributed by atoms with Crippen LogP contribution in [0.3, 0.4) is 0 Å². The summed E-state index contributed by atoms with van der Waals surface area (Å²) < 4.78 is 0. The van der Waals surface area contributed by atoms with Crippen molar-refractivity contribution in [3.05, 3.63) is 11.6 Å². The van der Waals surface area contributed by atoms with E-state index < -0.39 is 5.60 Å². The molecule has 2 aliphatic carbocycles. The van der Waals surface area contributed by atoms with Crippen molar-refractivity contribution in [2.75, 3.05) is 0 Å². The maximum absolute atomic E-state index is 11.1. The summed E-state index contributed by atoms with van der Waals surface area (Å²) in [6.07, 6.45) is 6.84. The minimum Gasteiger partial charge on any atom is -0.389 e. The summed E-state index contributed by atoms with van der Waals surface area (Å²) in [5.74, 6) is 2.28. The van der Waals surface area contributed by atoms with Crippen LogP contribution in [0, 0.1) is 23.7 Å². The first kappa shape index (κ1) is 12.2. The van der Waals surface area contributed by atoms with Crippen LogP contribution in [0.2, 0.25) is 0 Å². The van der Waals surface area contributed by atoms with Crippen molar-refractivity contribution in [1.29, 1.82) is 0 Å². The molecule has 0 radical (unpaired) electrons. The molecule has 0 amide bonds. The van der Waals surface area contributed by atoms with Crippen LogP contribution >= 0.6 is 0 Å². The number of rotatable bonds is 1. The SMILES string of the molecule is CC1=CCC2[C@H](C)CC[C@@H](C(C)C)C2(O)C1. The van der Waals surface area contributed by atoms with Gasteiger partial charge < -0.3 is 5.11 Å². The summed E-state index contributed by atoms with van der Waals surface area (Å²) >= 11 is 0. The van der Waals surface area contributed by atoms with Crippen molar-refractivity contribution in [2.45, 2.75) is 59.0 Å². The Labute approximate surface area is 99.9 Å². The molecule has 0 aromatic rings. The summed E-state index contributed by atoms with van der Waals surface area (Å²) in [4.78, 5) is 0. The van der Waals surface area contributed by atoms with Crippen molar-refractivity contribution >= 4 is 0 Å². The first-order valence-corrected chi connectivity index (χ1v) is 6.83. The third kappa shape index (κ3) is 1.84. The topological polar surface area (TPSA) is 20.2 Å². The molecule has 0 spiro atoms. The predicted octanol–water partition coefficient (Wildman–Crippen LogP) is 3.78. The highest BCUT2D eigenvalue weighted by Gasteiger charge is 2.50. The molecule has 2 unspecified atom stereocenters. The van der Waals surface area contributed by atoms with Crippen molar-refractivity contribution in [3.8, 4) is 0 Å². The van der Waals surface area contributed by atoms with Gasteiger partial charge >= 0.3 is 0 Å². The second kappa shape index (κ2) is 4.18. The number of fused-ring (bicyclic) bond motifs is 1. The molecule has 2 rings (SSSR count). The molecular formula is C15H26O. The molecule has 0 aromatic carbocycles. The average Bonchev–Trinajstić information content (AvgIpc) is 2.15. The van der Waals surface area contributed by atoms with Gasteiger partial charge in [0, 0.05) is 0 Å². The maximum Gasteiger partial charge on any atom is 0.0748 e. The minimum absolute atomic E-state index is 0.412. The molecular weight excluding hydrogens is 196 g/mol. The minimum atomic E-state index is -0.412. The Bertz CT molecular complexity index is 292. The molecule has 1 heteroatoms. The van der Waals surface area contributed by atoms with Gasteiger partial charge in [0.2, 0.25) is 0 Å². The molecule has 1 nitrogen and oxygen atoms in total. The van der Waals surface area contributed by atoms with Gasteiger partial charge in [-0.25, -0.2) is 0 Å². The first-order chi connectivity index (χ1) is 7.45. The largest absolute Gasteiger partial charge is 0.389 e. The summed E-state index contributed by atoms with van der Waals surface area (Å²) in [6, 6.07) is 0. The van der Waals surface area contributed by atoms with Crippen LogP contribution in [-0.4, -0.2) is 10.7 Å². The van der Waals surface area contributed by atoms with Crippen molar-refractivity contribution in [2.24, 2.45) is 23.7 Å². The molecule has 4 atom stereocenters. The lowest BCUT2D eigenvalue weighted by molar-refractivity contribution is -0.130. The van der Waals surface area contributed by atoms with Gasteiger partial charge in [-0.05, 0) is 56.3 Å². The van der Waals surface area contributed by atoms with Gasteiger partial charge in [0.25, 0.3) is 0 Å². The average molecular weight is 222 g/mol. The Hall–Kier alpha value is -0.300. The van der Waals surface area contributed by atoms with E-state index >= 15 is 0 Å². The zero-order valence-corrected chi connectivity index (χ0v) is 11.2. The van der Waals surface area contributed by atoms with Crippen LogP contribution in [0.25, 0.3) is 0 Å². The second-order valence-corrected chi connectivity index (χ2v) is 6.47. The molecule has 0 saturated heterocycles. The van der Waals surface area contributed by atoms with E-state index in [0.29, 0.717) is 23.7 Å². The van der Waals surface area contributed by atoms with E-state index in [0.717, 1.165) is 12.8 Å². The van der Waals surface area contributed by atoms with E-state index in [1.165, 1.54) is 18.4 Å². The van der Waals surface area contributed by atoms with Crippen molar-refractivity contribution in [1.82, 2.24) is 0 Å². The van der Waals surface area contributed by atoms with Gasteiger partial charge in [-0.2, -0.15) is 0 Å². The standard InChI is InChI=1S/C15H26O/c1-10(2)13-8-6-12(4)14-7-5-11(3)9-15(13,14)16/h5,10,12-14,16H,6-9H2,1-4H3/t12-,13+,14?,15?/m1/s1. The molecule has 1 fully saturated rings. The van der Waals surface area contributed by atoms with E-state index in [2.05, 4.69) is 33.8 Å². The van der Waals surface area contributed by atoms with E-state index in [9.17, 15) is 5.11 Å². The Kier molecular flexibility index (Phi) is 3.18. The first-order valence-electron chi connectivity index (χ1n) is 6.83. The molecule has 2 aliphatic rings. The summed E-state index contributed by atoms with van der Waals surface area (Å²) in [6.45, 7) is 9.03. The van der Waals surface area contributed by atoms with Crippen LogP contribution in [0.1, 0.15) is 53.4 Å². The van der Waals surface area contributed by atoms with Crippen LogP contribution in [0.4, 0.5) is 0 Å². The van der Waals surface area contributed by atoms with E-state index in [1.54, 1.807) is 0 Å². The number of hydrogen-bond acceptors (Lipinski definition) is 1. The van der Waals surface area contributed by atoms with E-state index in [1.807, 2.05) is 0 Å². The molecule has 16 heavy (non-hydrogen) atoms. The smallest absolute Gasteiger partial charge is 0.0748 e. The third-order valence-electron chi connectivity index (χ3n) is 4.99. The molecule has 0 aliphatic heterocycles. The molecule has 0 bridgehead atoms. The van der Waals surface area contributed by atoms with Gasteiger partial charge in [-0.1, -0.05) is 32.4 Å². The van der Waals surface area contributed by atoms with Crippen molar-refractivity contribution < 1.29 is 5.11 Å². The quantitative estimate of drug-likeness (QED) is 0.669. The van der Waals surface area contributed by atoms with Crippen LogP contribution < -0.4 is 0 Å². The Morgan fingerprint density at radius 3 is 2.69 bits per heavy atom. The summed E-state index contributed by atoms with van der Waals surface area (Å²) in [7, 11) is 0. The van der Waals surface area contributed by atoms with E-state index in [-0.39, 0.29) is 0 Å². The number of allylic oxidation sites excluding steroid dienone is 1. The molecule has 0 heterocycles. The highest BCUT2D eigenvalue weighted by molar-refractivity contribution is 5.15. The van der Waals surface area contributed by atoms with Gasteiger partial charge in [0.1, 0.15) is 0 Å². The summed E-state index contributed by atoms with van der Waals surface area (Å²) in [5, 5.41) is 11.1. The Morgan fingerprint density at radius 1 is 1.38 bits per heavy atom. The van der Waals surface area contributed by atoms with Gasteiger partial charge in [-0.15, -0.1) is 0 Å². The lowest BCUT2D eigenvalue weighted by atomic mass is 9.56. The van der Waals surface area contributed by atoms with Gasteiger partial charge in [0.05, 0.1) is 5.60 Å². The van der Waals surface area contributed by atoms with Crippen LogP contribution in [0.15, 0.2) is 11.6 Å². The fourth-order valence-electron chi connectivity index (χ4n) is 4.12. The molecule has 92 valence electrons. The number of aliphatic hydroxyl groups is 1. The summed E-state index contributed by atoms with van der Waals surface area (Å²) in [5.41, 5.74) is 0.975. The molecule has 1 saturated carbocycles. The van der Waals surface area contributed by atoms with Crippen LogP contribution in [0.5, 0.6) is 0 Å². The third-order valence-corrected chi connectivity index (χ3v) is 4.99. The molecule has 1 N–H and O–H groups in total. The van der Waals surface area contributed by atoms with Crippen LogP contribution in [-0.2, 0) is 0 Å². The Morgan fingerprint density at radius 2 is 2.06 bits per heavy atom.